The third-order valence-electron chi connectivity index (χ3n) is 4.57. The molecule has 1 aliphatic rings. The molecule has 2 heterocycles. The molecular weight excluding hydrogens is 314 g/mol. The summed E-state index contributed by atoms with van der Waals surface area (Å²) in [5.41, 5.74) is 3.11. The number of rotatable bonds is 6. The molecule has 2 aromatic rings. The third-order valence-corrected chi connectivity index (χ3v) is 4.57. The zero-order valence-corrected chi connectivity index (χ0v) is 15.0. The molecule has 132 valence electrons. The summed E-state index contributed by atoms with van der Waals surface area (Å²) in [7, 11) is 0. The fourth-order valence-electron chi connectivity index (χ4n) is 3.12. The maximum atomic E-state index is 11.7. The summed E-state index contributed by atoms with van der Waals surface area (Å²) in [6, 6.07) is 14.5. The Kier molecular flexibility index (Phi) is 5.34. The van der Waals surface area contributed by atoms with E-state index in [1.54, 1.807) is 4.90 Å². The van der Waals surface area contributed by atoms with Gasteiger partial charge in [-0.15, -0.1) is 0 Å². The predicted octanol–water partition coefficient (Wildman–Crippen LogP) is 4.09. The van der Waals surface area contributed by atoms with Crippen molar-refractivity contribution < 1.29 is 9.53 Å². The van der Waals surface area contributed by atoms with Crippen molar-refractivity contribution in [2.45, 2.75) is 32.9 Å². The lowest BCUT2D eigenvalue weighted by molar-refractivity contribution is 0.181. The van der Waals surface area contributed by atoms with E-state index in [0.717, 1.165) is 11.4 Å². The SMILES string of the molecule is CC(C)[C@H](N[C@@H](C)c1ccc(N2CCOC2=O)cc1)c1ccccn1. The van der Waals surface area contributed by atoms with Crippen LogP contribution in [0.5, 0.6) is 0 Å². The quantitative estimate of drug-likeness (QED) is 0.861. The fourth-order valence-corrected chi connectivity index (χ4v) is 3.12. The van der Waals surface area contributed by atoms with Gasteiger partial charge in [-0.3, -0.25) is 9.88 Å². The molecule has 0 saturated carbocycles. The highest BCUT2D eigenvalue weighted by molar-refractivity contribution is 5.89. The maximum Gasteiger partial charge on any atom is 0.414 e. The second-order valence-electron chi connectivity index (χ2n) is 6.72. The van der Waals surface area contributed by atoms with Gasteiger partial charge in [0.25, 0.3) is 0 Å². The van der Waals surface area contributed by atoms with Gasteiger partial charge in [0, 0.05) is 17.9 Å². The highest BCUT2D eigenvalue weighted by Crippen LogP contribution is 2.26. The molecule has 0 unspecified atom stereocenters. The van der Waals surface area contributed by atoms with Crippen molar-refractivity contribution >= 4 is 11.8 Å². The Labute approximate surface area is 149 Å². The number of carbonyl (C=O) groups excluding carboxylic acids is 1. The van der Waals surface area contributed by atoms with Crippen molar-refractivity contribution in [2.75, 3.05) is 18.1 Å². The van der Waals surface area contributed by atoms with E-state index in [0.29, 0.717) is 19.1 Å². The van der Waals surface area contributed by atoms with E-state index in [1.165, 1.54) is 5.56 Å². The molecular formula is C20H25N3O2. The normalized spacial score (nSPS) is 16.8. The third kappa shape index (κ3) is 3.99. The molecule has 25 heavy (non-hydrogen) atoms. The van der Waals surface area contributed by atoms with Crippen molar-refractivity contribution in [2.24, 2.45) is 5.92 Å². The number of anilines is 1. The molecule has 0 radical (unpaired) electrons. The van der Waals surface area contributed by atoms with E-state index in [2.05, 4.69) is 49.3 Å². The van der Waals surface area contributed by atoms with Crippen molar-refractivity contribution in [1.82, 2.24) is 10.3 Å². The lowest BCUT2D eigenvalue weighted by Crippen LogP contribution is -2.29. The summed E-state index contributed by atoms with van der Waals surface area (Å²) >= 11 is 0. The maximum absolute atomic E-state index is 11.7. The first-order chi connectivity index (χ1) is 12.1. The number of amides is 1. The van der Waals surface area contributed by atoms with E-state index in [1.807, 2.05) is 30.5 Å². The Morgan fingerprint density at radius 3 is 2.44 bits per heavy atom. The minimum Gasteiger partial charge on any atom is -0.447 e. The van der Waals surface area contributed by atoms with Gasteiger partial charge in [0.2, 0.25) is 0 Å². The van der Waals surface area contributed by atoms with Gasteiger partial charge in [0.15, 0.2) is 0 Å². The topological polar surface area (TPSA) is 54.5 Å². The van der Waals surface area contributed by atoms with Crippen LogP contribution in [-0.4, -0.2) is 24.2 Å². The van der Waals surface area contributed by atoms with Gasteiger partial charge >= 0.3 is 6.09 Å². The van der Waals surface area contributed by atoms with Crippen LogP contribution in [0.4, 0.5) is 10.5 Å². The Bertz CT molecular complexity index is 701. The van der Waals surface area contributed by atoms with Crippen LogP contribution in [0.1, 0.15) is 44.1 Å². The number of hydrogen-bond acceptors (Lipinski definition) is 4. The van der Waals surface area contributed by atoms with Crippen LogP contribution in [-0.2, 0) is 4.74 Å². The number of ether oxygens (including phenoxy) is 1. The number of pyridine rings is 1. The summed E-state index contributed by atoms with van der Waals surface area (Å²) in [4.78, 5) is 17.8. The lowest BCUT2D eigenvalue weighted by Gasteiger charge is -2.26. The summed E-state index contributed by atoms with van der Waals surface area (Å²) in [6.45, 7) is 7.61. The van der Waals surface area contributed by atoms with E-state index < -0.39 is 0 Å². The van der Waals surface area contributed by atoms with E-state index in [4.69, 9.17) is 4.74 Å². The molecule has 3 rings (SSSR count). The van der Waals surface area contributed by atoms with Gasteiger partial charge in [-0.1, -0.05) is 32.0 Å². The summed E-state index contributed by atoms with van der Waals surface area (Å²) in [5, 5.41) is 3.68. The van der Waals surface area contributed by atoms with Crippen LogP contribution >= 0.6 is 0 Å². The van der Waals surface area contributed by atoms with Gasteiger partial charge in [0.1, 0.15) is 6.61 Å². The average molecular weight is 339 g/mol. The first-order valence-corrected chi connectivity index (χ1v) is 8.77. The molecule has 1 fully saturated rings. The van der Waals surface area contributed by atoms with E-state index in [-0.39, 0.29) is 18.2 Å². The molecule has 5 nitrogen and oxygen atoms in total. The van der Waals surface area contributed by atoms with Gasteiger partial charge in [-0.05, 0) is 42.7 Å². The van der Waals surface area contributed by atoms with Crippen LogP contribution in [0, 0.1) is 5.92 Å². The van der Waals surface area contributed by atoms with Gasteiger partial charge in [-0.25, -0.2) is 4.79 Å². The Hall–Kier alpha value is -2.40. The highest BCUT2D eigenvalue weighted by Gasteiger charge is 2.24. The van der Waals surface area contributed by atoms with Gasteiger partial charge in [0.05, 0.1) is 18.3 Å². The summed E-state index contributed by atoms with van der Waals surface area (Å²) in [5.74, 6) is 0.427. The summed E-state index contributed by atoms with van der Waals surface area (Å²) < 4.78 is 4.99. The molecule has 5 heteroatoms. The zero-order valence-electron chi connectivity index (χ0n) is 15.0. The van der Waals surface area contributed by atoms with Gasteiger partial charge in [-0.2, -0.15) is 0 Å². The molecule has 2 atom stereocenters. The fraction of sp³-hybridized carbons (Fsp3) is 0.400. The monoisotopic (exact) mass is 339 g/mol. The van der Waals surface area contributed by atoms with E-state index in [9.17, 15) is 4.79 Å². The van der Waals surface area contributed by atoms with E-state index >= 15 is 0 Å². The second kappa shape index (κ2) is 7.66. The molecule has 0 bridgehead atoms. The number of nitrogens with zero attached hydrogens (tertiary/aromatic N) is 2. The molecule has 1 N–H and O–H groups in total. The molecule has 1 aliphatic heterocycles. The Morgan fingerprint density at radius 2 is 1.88 bits per heavy atom. The van der Waals surface area contributed by atoms with Crippen molar-refractivity contribution in [3.63, 3.8) is 0 Å². The minimum atomic E-state index is -0.269. The minimum absolute atomic E-state index is 0.175. The standard InChI is InChI=1S/C20H25N3O2/c1-14(2)19(18-6-4-5-11-21-18)22-15(3)16-7-9-17(10-8-16)23-12-13-25-20(23)24/h4-11,14-15,19,22H,12-13H2,1-3H3/t15-,19-/m0/s1. The van der Waals surface area contributed by atoms with Crippen molar-refractivity contribution in [1.29, 1.82) is 0 Å². The lowest BCUT2D eigenvalue weighted by atomic mass is 9.97. The largest absolute Gasteiger partial charge is 0.447 e. The van der Waals surface area contributed by atoms with Crippen LogP contribution in [0.3, 0.4) is 0 Å². The van der Waals surface area contributed by atoms with Crippen LogP contribution in [0.25, 0.3) is 0 Å². The molecule has 0 aliphatic carbocycles. The Balaban J connectivity index is 1.71. The first kappa shape index (κ1) is 17.4. The summed E-state index contributed by atoms with van der Waals surface area (Å²) in [6.07, 6.45) is 1.56. The highest BCUT2D eigenvalue weighted by atomic mass is 16.6. The number of carbonyl (C=O) groups is 1. The zero-order chi connectivity index (χ0) is 17.8. The number of hydrogen-bond donors (Lipinski definition) is 1. The van der Waals surface area contributed by atoms with Crippen LogP contribution in [0.2, 0.25) is 0 Å². The molecule has 1 amide bonds. The Morgan fingerprint density at radius 1 is 1.12 bits per heavy atom. The average Bonchev–Trinajstić information content (AvgIpc) is 3.06. The molecule has 1 aromatic carbocycles. The number of benzene rings is 1. The molecule has 1 saturated heterocycles. The molecule has 1 aromatic heterocycles. The van der Waals surface area contributed by atoms with Crippen LogP contribution in [0.15, 0.2) is 48.7 Å². The second-order valence-corrected chi connectivity index (χ2v) is 6.72. The number of nitrogens with one attached hydrogen (secondary N) is 1. The van der Waals surface area contributed by atoms with Crippen molar-refractivity contribution in [3.05, 3.63) is 59.9 Å². The van der Waals surface area contributed by atoms with Gasteiger partial charge < -0.3 is 10.1 Å². The number of cyclic esters (lactones) is 1. The van der Waals surface area contributed by atoms with Crippen molar-refractivity contribution in [3.8, 4) is 0 Å². The molecule has 0 spiro atoms. The number of aromatic nitrogens is 1. The smallest absolute Gasteiger partial charge is 0.414 e. The predicted molar refractivity (Wildman–Crippen MR) is 98.5 cm³/mol. The van der Waals surface area contributed by atoms with Crippen LogP contribution < -0.4 is 10.2 Å². The first-order valence-electron chi connectivity index (χ1n) is 8.77.